The van der Waals surface area contributed by atoms with Gasteiger partial charge >= 0.3 is 0 Å². The first-order valence-electron chi connectivity index (χ1n) is 12.2. The highest BCUT2D eigenvalue weighted by molar-refractivity contribution is 6.35. The van der Waals surface area contributed by atoms with E-state index in [1.165, 1.54) is 18.5 Å². The van der Waals surface area contributed by atoms with Crippen LogP contribution in [0.4, 0.5) is 10.2 Å². The van der Waals surface area contributed by atoms with Crippen LogP contribution >= 0.6 is 23.2 Å². The lowest BCUT2D eigenvalue weighted by atomic mass is 9.86. The Bertz CT molecular complexity index is 1510. The quantitative estimate of drug-likeness (QED) is 0.272. The van der Waals surface area contributed by atoms with E-state index in [4.69, 9.17) is 27.9 Å². The van der Waals surface area contributed by atoms with Crippen molar-refractivity contribution < 1.29 is 9.13 Å². The Morgan fingerprint density at radius 3 is 2.58 bits per heavy atom. The van der Waals surface area contributed by atoms with Gasteiger partial charge in [-0.3, -0.25) is 10.1 Å². The minimum Gasteiger partial charge on any atom is -0.486 e. The monoisotopic (exact) mass is 553 g/mol. The summed E-state index contributed by atoms with van der Waals surface area (Å²) in [7, 11) is 0. The van der Waals surface area contributed by atoms with Crippen molar-refractivity contribution in [2.45, 2.75) is 44.9 Å². The minimum atomic E-state index is -0.447. The summed E-state index contributed by atoms with van der Waals surface area (Å²) in [5.41, 5.74) is 2.15. The van der Waals surface area contributed by atoms with Crippen molar-refractivity contribution in [3.05, 3.63) is 64.3 Å². The van der Waals surface area contributed by atoms with E-state index in [1.54, 1.807) is 6.20 Å². The number of ether oxygens (including phenoxy) is 1. The first-order valence-corrected chi connectivity index (χ1v) is 12.9. The van der Waals surface area contributed by atoms with Gasteiger partial charge in [0.25, 0.3) is 0 Å². The molecule has 0 aliphatic carbocycles. The highest BCUT2D eigenvalue weighted by Gasteiger charge is 2.44. The van der Waals surface area contributed by atoms with E-state index in [2.05, 4.69) is 31.6 Å². The highest BCUT2D eigenvalue weighted by atomic mass is 35.5. The molecule has 0 radical (unpaired) electrons. The number of nitrogens with one attached hydrogen (secondary N) is 2. The van der Waals surface area contributed by atoms with E-state index >= 15 is 4.39 Å². The summed E-state index contributed by atoms with van der Waals surface area (Å²) in [5.74, 6) is 0.391. The summed E-state index contributed by atoms with van der Waals surface area (Å²) < 4.78 is 21.4. The van der Waals surface area contributed by atoms with E-state index in [9.17, 15) is 5.26 Å². The van der Waals surface area contributed by atoms with Gasteiger partial charge in [-0.15, -0.1) is 0 Å². The number of nitrogens with zero attached hydrogens (tertiary/aromatic N) is 5. The van der Waals surface area contributed by atoms with Crippen LogP contribution in [0.3, 0.4) is 0 Å². The summed E-state index contributed by atoms with van der Waals surface area (Å²) in [6.45, 7) is 6.94. The van der Waals surface area contributed by atoms with Crippen molar-refractivity contribution in [3.8, 4) is 23.1 Å². The van der Waals surface area contributed by atoms with Crippen molar-refractivity contribution in [3.63, 3.8) is 0 Å². The lowest BCUT2D eigenvalue weighted by molar-refractivity contribution is 0.227. The molecular formula is C27H26Cl2FN7O. The Balaban J connectivity index is 1.38. The average molecular weight is 554 g/mol. The fourth-order valence-electron chi connectivity index (χ4n) is 5.00. The van der Waals surface area contributed by atoms with E-state index in [-0.39, 0.29) is 17.4 Å². The van der Waals surface area contributed by atoms with E-state index < -0.39 is 11.9 Å². The number of fused-ring (bicyclic) bond motifs is 1. The SMILES string of the molecule is CC(C)NC1(CC#N)CN(c2ncc(-c3n[nH]c4ccc(O[C@H](C)c5c(Cl)cncc5Cl)cc34)cc2F)C1. The Kier molecular flexibility index (Phi) is 7.14. The van der Waals surface area contributed by atoms with Gasteiger partial charge in [-0.1, -0.05) is 37.0 Å². The Morgan fingerprint density at radius 1 is 1.18 bits per heavy atom. The zero-order chi connectivity index (χ0) is 27.0. The lowest BCUT2D eigenvalue weighted by Crippen LogP contribution is -2.70. The van der Waals surface area contributed by atoms with Crippen LogP contribution in [0.5, 0.6) is 5.75 Å². The molecular weight excluding hydrogens is 528 g/mol. The van der Waals surface area contributed by atoms with E-state index in [1.807, 2.05) is 43.9 Å². The van der Waals surface area contributed by atoms with E-state index in [0.717, 1.165) is 10.9 Å². The topological polar surface area (TPSA) is 103 Å². The average Bonchev–Trinajstić information content (AvgIpc) is 3.25. The number of anilines is 1. The van der Waals surface area contributed by atoms with Gasteiger partial charge in [0, 0.05) is 54.2 Å². The molecule has 1 aliphatic rings. The van der Waals surface area contributed by atoms with Gasteiger partial charge in [0.2, 0.25) is 0 Å². The fraction of sp³-hybridized carbons (Fsp3) is 0.333. The van der Waals surface area contributed by atoms with Crippen molar-refractivity contribution in [1.82, 2.24) is 25.5 Å². The molecule has 0 unspecified atom stereocenters. The second kappa shape index (κ2) is 10.4. The first kappa shape index (κ1) is 26.2. The number of hydrogen-bond acceptors (Lipinski definition) is 7. The number of H-pyrrole nitrogens is 1. The number of aromatic nitrogens is 4. The van der Waals surface area contributed by atoms with Crippen LogP contribution in [0.1, 0.15) is 38.9 Å². The number of aromatic amines is 1. The first-order chi connectivity index (χ1) is 18.2. The minimum absolute atomic E-state index is 0.217. The maximum atomic E-state index is 15.2. The smallest absolute Gasteiger partial charge is 0.166 e. The maximum Gasteiger partial charge on any atom is 0.166 e. The molecule has 0 bridgehead atoms. The zero-order valence-electron chi connectivity index (χ0n) is 21.1. The molecule has 4 heterocycles. The van der Waals surface area contributed by atoms with Crippen LogP contribution in [-0.2, 0) is 0 Å². The molecule has 38 heavy (non-hydrogen) atoms. The molecule has 1 fully saturated rings. The standard InChI is InChI=1S/C27H26Cl2FN7O/c1-15(2)34-27(6-7-31)13-37(14-27)26-22(30)8-17(10-33-26)25-19-9-18(4-5-23(19)35-36-25)38-16(3)24-20(28)11-32-12-21(24)29/h4-5,8-12,15-16,34H,6,13-14H2,1-3H3,(H,35,36)/t16-/m1/s1. The van der Waals surface area contributed by atoms with Crippen molar-refractivity contribution in [2.75, 3.05) is 18.0 Å². The fourth-order valence-corrected chi connectivity index (χ4v) is 5.68. The molecule has 2 N–H and O–H groups in total. The Hall–Kier alpha value is -3.45. The molecule has 5 rings (SSSR count). The molecule has 1 saturated heterocycles. The predicted molar refractivity (Wildman–Crippen MR) is 146 cm³/mol. The van der Waals surface area contributed by atoms with Crippen LogP contribution in [0.15, 0.2) is 42.9 Å². The summed E-state index contributed by atoms with van der Waals surface area (Å²) in [4.78, 5) is 10.2. The number of hydrogen-bond donors (Lipinski definition) is 2. The van der Waals surface area contributed by atoms with Crippen LogP contribution in [0.25, 0.3) is 22.2 Å². The lowest BCUT2D eigenvalue weighted by Gasteiger charge is -2.51. The van der Waals surface area contributed by atoms with Crippen LogP contribution in [0.2, 0.25) is 10.0 Å². The number of pyridine rings is 2. The van der Waals surface area contributed by atoms with Gasteiger partial charge in [0.1, 0.15) is 17.5 Å². The van der Waals surface area contributed by atoms with Gasteiger partial charge in [-0.05, 0) is 31.2 Å². The second-order valence-corrected chi connectivity index (χ2v) is 10.7. The number of benzene rings is 1. The Morgan fingerprint density at radius 2 is 1.92 bits per heavy atom. The maximum absolute atomic E-state index is 15.2. The Labute approximate surface area is 229 Å². The largest absolute Gasteiger partial charge is 0.486 e. The third-order valence-electron chi connectivity index (χ3n) is 6.54. The molecule has 0 saturated carbocycles. The van der Waals surface area contributed by atoms with Gasteiger partial charge in [-0.2, -0.15) is 10.4 Å². The number of rotatable bonds is 8. The molecule has 1 aliphatic heterocycles. The van der Waals surface area contributed by atoms with Crippen LogP contribution in [0, 0.1) is 17.1 Å². The van der Waals surface area contributed by atoms with Gasteiger partial charge < -0.3 is 15.0 Å². The van der Waals surface area contributed by atoms with Crippen LogP contribution < -0.4 is 15.0 Å². The molecule has 11 heteroatoms. The molecule has 4 aromatic rings. The predicted octanol–water partition coefficient (Wildman–Crippen LogP) is 6.08. The third-order valence-corrected chi connectivity index (χ3v) is 7.14. The molecule has 1 aromatic carbocycles. The normalized spacial score (nSPS) is 15.4. The van der Waals surface area contributed by atoms with Crippen molar-refractivity contribution >= 4 is 39.9 Å². The van der Waals surface area contributed by atoms with Gasteiger partial charge in [0.15, 0.2) is 11.6 Å². The number of halogens is 3. The highest BCUT2D eigenvalue weighted by Crippen LogP contribution is 2.36. The van der Waals surface area contributed by atoms with Gasteiger partial charge in [-0.25, -0.2) is 9.37 Å². The molecule has 1 atom stereocenters. The summed E-state index contributed by atoms with van der Waals surface area (Å²) in [5, 5.41) is 21.7. The summed E-state index contributed by atoms with van der Waals surface area (Å²) in [6, 6.07) is 9.38. The molecule has 0 spiro atoms. The zero-order valence-corrected chi connectivity index (χ0v) is 22.6. The second-order valence-electron chi connectivity index (χ2n) is 9.86. The van der Waals surface area contributed by atoms with Crippen molar-refractivity contribution in [1.29, 1.82) is 5.26 Å². The van der Waals surface area contributed by atoms with Crippen molar-refractivity contribution in [2.24, 2.45) is 0 Å². The van der Waals surface area contributed by atoms with E-state index in [0.29, 0.717) is 52.1 Å². The molecule has 196 valence electrons. The third kappa shape index (κ3) is 4.99. The molecule has 8 nitrogen and oxygen atoms in total. The number of nitriles is 1. The van der Waals surface area contributed by atoms with Crippen LogP contribution in [-0.4, -0.2) is 44.8 Å². The summed E-state index contributed by atoms with van der Waals surface area (Å²) in [6.07, 6.45) is 4.58. The summed E-state index contributed by atoms with van der Waals surface area (Å²) >= 11 is 12.6. The van der Waals surface area contributed by atoms with Gasteiger partial charge in [0.05, 0.1) is 33.6 Å². The molecule has 0 amide bonds. The molecule has 3 aromatic heterocycles.